The Hall–Kier alpha value is -3.19. The van der Waals surface area contributed by atoms with Crippen molar-refractivity contribution in [3.05, 3.63) is 81.8 Å². The lowest BCUT2D eigenvalue weighted by Crippen LogP contribution is -2.48. The molecular weight excluding hydrogens is 444 g/mol. The molecule has 0 radical (unpaired) electrons. The van der Waals surface area contributed by atoms with Crippen molar-refractivity contribution >= 4 is 29.0 Å². The summed E-state index contributed by atoms with van der Waals surface area (Å²) in [5, 5.41) is 8.28. The van der Waals surface area contributed by atoms with Crippen LogP contribution in [0.2, 0.25) is 0 Å². The molecule has 0 aliphatic heterocycles. The number of thiophene rings is 1. The fourth-order valence-corrected chi connectivity index (χ4v) is 5.23. The summed E-state index contributed by atoms with van der Waals surface area (Å²) in [7, 11) is 0. The minimum absolute atomic E-state index is 0.126. The molecule has 1 aliphatic carbocycles. The highest BCUT2D eigenvalue weighted by Crippen LogP contribution is 2.29. The number of nitrogens with one attached hydrogen (secondary N) is 2. The number of pyridine rings is 1. The summed E-state index contributed by atoms with van der Waals surface area (Å²) in [5.41, 5.74) is 3.38. The molecule has 0 saturated heterocycles. The van der Waals surface area contributed by atoms with E-state index in [4.69, 9.17) is 0 Å². The van der Waals surface area contributed by atoms with Crippen molar-refractivity contribution in [1.29, 1.82) is 0 Å². The van der Waals surface area contributed by atoms with Gasteiger partial charge in [0.05, 0.1) is 6.54 Å². The third-order valence-electron chi connectivity index (χ3n) is 6.42. The first-order valence-corrected chi connectivity index (χ1v) is 12.8. The van der Waals surface area contributed by atoms with Crippen molar-refractivity contribution in [1.82, 2.24) is 15.2 Å². The van der Waals surface area contributed by atoms with Gasteiger partial charge in [-0.25, -0.2) is 4.79 Å². The average molecular weight is 477 g/mol. The van der Waals surface area contributed by atoms with Crippen molar-refractivity contribution in [3.63, 3.8) is 0 Å². The fourth-order valence-electron chi connectivity index (χ4n) is 4.52. The first-order valence-electron chi connectivity index (χ1n) is 11.9. The van der Waals surface area contributed by atoms with Gasteiger partial charge in [0.1, 0.15) is 6.04 Å². The molecule has 3 amide bonds. The highest BCUT2D eigenvalue weighted by Gasteiger charge is 2.34. The number of urea groups is 1. The maximum absolute atomic E-state index is 13.8. The van der Waals surface area contributed by atoms with E-state index < -0.39 is 6.04 Å². The van der Waals surface area contributed by atoms with Crippen molar-refractivity contribution in [3.8, 4) is 0 Å². The van der Waals surface area contributed by atoms with E-state index >= 15 is 0 Å². The molecule has 4 rings (SSSR count). The largest absolute Gasteiger partial charge is 0.351 e. The second-order valence-electron chi connectivity index (χ2n) is 8.93. The van der Waals surface area contributed by atoms with Gasteiger partial charge in [-0.15, -0.1) is 11.3 Å². The van der Waals surface area contributed by atoms with Crippen LogP contribution in [-0.4, -0.2) is 27.9 Å². The van der Waals surface area contributed by atoms with Gasteiger partial charge in [0.15, 0.2) is 0 Å². The molecule has 7 heteroatoms. The first-order chi connectivity index (χ1) is 16.5. The molecule has 6 nitrogen and oxygen atoms in total. The van der Waals surface area contributed by atoms with Gasteiger partial charge in [0.2, 0.25) is 5.91 Å². The van der Waals surface area contributed by atoms with E-state index in [1.54, 1.807) is 34.7 Å². The number of hydrogen-bond donors (Lipinski definition) is 2. The Morgan fingerprint density at radius 1 is 1.06 bits per heavy atom. The van der Waals surface area contributed by atoms with Crippen LogP contribution in [0.1, 0.15) is 59.7 Å². The number of carbonyl (C=O) groups is 2. The number of nitrogens with zero attached hydrogens (tertiary/aromatic N) is 2. The number of carbonyl (C=O) groups excluding carboxylic acids is 2. The van der Waals surface area contributed by atoms with E-state index in [9.17, 15) is 9.59 Å². The molecule has 1 fully saturated rings. The predicted molar refractivity (Wildman–Crippen MR) is 137 cm³/mol. The summed E-state index contributed by atoms with van der Waals surface area (Å²) in [6.07, 6.45) is 8.81. The molecule has 2 N–H and O–H groups in total. The normalized spacial score (nSPS) is 14.9. The standard InChI is InChI=1S/C27H32N4O2S/c1-19-9-6-7-13-23(19)25(26(32)29-21-10-4-3-5-11-21)31(18-22-12-8-16-34-22)27(33)30-24-14-15-28-17-20(24)2/h6-9,12-17,21,25H,3-5,10-11,18H2,1-2H3,(H,29,32)(H,28,30,33). The van der Waals surface area contributed by atoms with Gasteiger partial charge >= 0.3 is 6.03 Å². The Morgan fingerprint density at radius 3 is 2.56 bits per heavy atom. The SMILES string of the molecule is Cc1cnccc1NC(=O)N(Cc1cccs1)C(C(=O)NC1CCCCC1)c1ccccc1C. The van der Waals surface area contributed by atoms with Crippen LogP contribution in [0, 0.1) is 13.8 Å². The van der Waals surface area contributed by atoms with Gasteiger partial charge in [-0.2, -0.15) is 0 Å². The van der Waals surface area contributed by atoms with Gasteiger partial charge < -0.3 is 15.5 Å². The maximum Gasteiger partial charge on any atom is 0.323 e. The van der Waals surface area contributed by atoms with Crippen LogP contribution in [0.5, 0.6) is 0 Å². The molecular formula is C27H32N4O2S. The summed E-state index contributed by atoms with van der Waals surface area (Å²) >= 11 is 1.58. The van der Waals surface area contributed by atoms with Crippen molar-refractivity contribution in [2.24, 2.45) is 0 Å². The highest BCUT2D eigenvalue weighted by atomic mass is 32.1. The average Bonchev–Trinajstić information content (AvgIpc) is 3.35. The zero-order valence-corrected chi connectivity index (χ0v) is 20.6. The third kappa shape index (κ3) is 5.83. The summed E-state index contributed by atoms with van der Waals surface area (Å²) in [6.45, 7) is 4.23. The number of hydrogen-bond acceptors (Lipinski definition) is 4. The minimum Gasteiger partial charge on any atom is -0.351 e. The molecule has 2 aromatic heterocycles. The number of anilines is 1. The van der Waals surface area contributed by atoms with E-state index in [0.29, 0.717) is 12.2 Å². The van der Waals surface area contributed by atoms with Gasteiger partial charge in [-0.3, -0.25) is 9.78 Å². The van der Waals surface area contributed by atoms with Crippen molar-refractivity contribution in [2.75, 3.05) is 5.32 Å². The lowest BCUT2D eigenvalue weighted by atomic mass is 9.94. The third-order valence-corrected chi connectivity index (χ3v) is 7.28. The quantitative estimate of drug-likeness (QED) is 0.440. The topological polar surface area (TPSA) is 74.3 Å². The van der Waals surface area contributed by atoms with Crippen molar-refractivity contribution in [2.45, 2.75) is 64.6 Å². The van der Waals surface area contributed by atoms with E-state index in [-0.39, 0.29) is 18.0 Å². The molecule has 1 atom stereocenters. The van der Waals surface area contributed by atoms with E-state index in [1.165, 1.54) is 6.42 Å². The monoisotopic (exact) mass is 476 g/mol. The van der Waals surface area contributed by atoms with Crippen LogP contribution in [0.25, 0.3) is 0 Å². The van der Waals surface area contributed by atoms with Crippen LogP contribution >= 0.6 is 11.3 Å². The summed E-state index contributed by atoms with van der Waals surface area (Å²) < 4.78 is 0. The van der Waals surface area contributed by atoms with Gasteiger partial charge in [-0.05, 0) is 60.9 Å². The smallest absolute Gasteiger partial charge is 0.323 e. The molecule has 0 spiro atoms. The van der Waals surface area contributed by atoms with Crippen LogP contribution in [0.4, 0.5) is 10.5 Å². The van der Waals surface area contributed by atoms with Crippen LogP contribution < -0.4 is 10.6 Å². The summed E-state index contributed by atoms with van der Waals surface area (Å²) in [6, 6.07) is 12.7. The molecule has 34 heavy (non-hydrogen) atoms. The molecule has 1 aliphatic rings. The zero-order valence-electron chi connectivity index (χ0n) is 19.8. The number of amides is 3. The van der Waals surface area contributed by atoms with E-state index in [0.717, 1.165) is 47.3 Å². The molecule has 0 bridgehead atoms. The Labute approximate surface area is 205 Å². The lowest BCUT2D eigenvalue weighted by molar-refractivity contribution is -0.126. The van der Waals surface area contributed by atoms with Crippen LogP contribution in [0.15, 0.2) is 60.2 Å². The molecule has 3 aromatic rings. The Morgan fingerprint density at radius 2 is 1.85 bits per heavy atom. The maximum atomic E-state index is 13.8. The Balaban J connectivity index is 1.70. The van der Waals surface area contributed by atoms with E-state index in [1.807, 2.05) is 55.6 Å². The predicted octanol–water partition coefficient (Wildman–Crippen LogP) is 5.98. The number of benzene rings is 1. The van der Waals surface area contributed by atoms with Crippen LogP contribution in [-0.2, 0) is 11.3 Å². The highest BCUT2D eigenvalue weighted by molar-refractivity contribution is 7.09. The number of aryl methyl sites for hydroxylation is 2. The van der Waals surface area contributed by atoms with Crippen LogP contribution in [0.3, 0.4) is 0 Å². The Bertz CT molecular complexity index is 1110. The number of aromatic nitrogens is 1. The number of rotatable bonds is 7. The van der Waals surface area contributed by atoms with Crippen molar-refractivity contribution < 1.29 is 9.59 Å². The molecule has 178 valence electrons. The fraction of sp³-hybridized carbons (Fsp3) is 0.370. The zero-order chi connectivity index (χ0) is 23.9. The molecule has 2 heterocycles. The molecule has 1 aromatic carbocycles. The Kier molecular flexibility index (Phi) is 7.95. The lowest BCUT2D eigenvalue weighted by Gasteiger charge is -2.34. The minimum atomic E-state index is -0.743. The van der Waals surface area contributed by atoms with Gasteiger partial charge in [-0.1, -0.05) is 49.6 Å². The molecule has 1 saturated carbocycles. The summed E-state index contributed by atoms with van der Waals surface area (Å²) in [5.74, 6) is -0.126. The van der Waals surface area contributed by atoms with Gasteiger partial charge in [0, 0.05) is 29.0 Å². The van der Waals surface area contributed by atoms with Gasteiger partial charge in [0.25, 0.3) is 0 Å². The first kappa shape index (κ1) is 24.0. The second-order valence-corrected chi connectivity index (χ2v) is 9.96. The molecule has 1 unspecified atom stereocenters. The summed E-state index contributed by atoms with van der Waals surface area (Å²) in [4.78, 5) is 34.3. The second kappa shape index (κ2) is 11.3. The van der Waals surface area contributed by atoms with E-state index in [2.05, 4.69) is 15.6 Å².